The molecule has 2 fully saturated rings. The number of pyridine rings is 1. The number of hydrogen-bond acceptors (Lipinski definition) is 8. The molecule has 3 heterocycles. The Bertz CT molecular complexity index is 1640. The van der Waals surface area contributed by atoms with Crippen molar-refractivity contribution < 1.29 is 40.2 Å². The van der Waals surface area contributed by atoms with E-state index in [2.05, 4.69) is 25.6 Å². The molecule has 3 aliphatic rings. The number of ether oxygens (including phenoxy) is 2. The number of anilines is 2. The lowest BCUT2D eigenvalue weighted by molar-refractivity contribution is -0.137. The summed E-state index contributed by atoms with van der Waals surface area (Å²) >= 11 is 0. The second kappa shape index (κ2) is 11.3. The highest BCUT2D eigenvalue weighted by Gasteiger charge is 2.54. The largest absolute Gasteiger partial charge is 0.474 e. The first-order valence-electron chi connectivity index (χ1n) is 14.9. The maximum Gasteiger partial charge on any atom is 0.417 e. The predicted octanol–water partition coefficient (Wildman–Crippen LogP) is 6.99. The lowest BCUT2D eigenvalue weighted by Crippen LogP contribution is -2.47. The summed E-state index contributed by atoms with van der Waals surface area (Å²) in [4.78, 5) is 12.7. The van der Waals surface area contributed by atoms with Gasteiger partial charge in [-0.15, -0.1) is 0 Å². The van der Waals surface area contributed by atoms with Crippen molar-refractivity contribution in [3.8, 4) is 23.1 Å². The van der Waals surface area contributed by atoms with E-state index in [1.54, 1.807) is 6.92 Å². The molecule has 1 aliphatic heterocycles. The van der Waals surface area contributed by atoms with E-state index in [4.69, 9.17) is 15.2 Å². The number of halogens is 7. The molecule has 4 N–H and O–H groups in total. The van der Waals surface area contributed by atoms with Crippen LogP contribution in [0.2, 0.25) is 0 Å². The number of nitrogens with zero attached hydrogens (tertiary/aromatic N) is 3. The van der Waals surface area contributed by atoms with Crippen molar-refractivity contribution in [2.24, 2.45) is 11.3 Å². The van der Waals surface area contributed by atoms with Crippen LogP contribution in [0, 0.1) is 29.9 Å². The molecule has 15 heteroatoms. The summed E-state index contributed by atoms with van der Waals surface area (Å²) in [5.41, 5.74) is -0.354. The molecule has 3 atom stereocenters. The highest BCUT2D eigenvalue weighted by molar-refractivity contribution is 5.96. The van der Waals surface area contributed by atoms with Crippen LogP contribution in [0.1, 0.15) is 63.0 Å². The number of rotatable bonds is 4. The third kappa shape index (κ3) is 5.79. The maximum absolute atomic E-state index is 16.5. The minimum absolute atomic E-state index is 0.0151. The van der Waals surface area contributed by atoms with Crippen LogP contribution in [-0.4, -0.2) is 46.8 Å². The van der Waals surface area contributed by atoms with E-state index in [9.17, 15) is 22.0 Å². The number of nitrogens with two attached hydrogens (primary N) is 1. The van der Waals surface area contributed by atoms with Gasteiger partial charge in [0.05, 0.1) is 36.2 Å². The summed E-state index contributed by atoms with van der Waals surface area (Å²) in [7, 11) is 0. The number of aryl methyl sites for hydroxylation is 1. The van der Waals surface area contributed by atoms with Gasteiger partial charge in [0, 0.05) is 24.8 Å². The fraction of sp³-hybridized carbons (Fsp3) is 0.567. The Morgan fingerprint density at radius 1 is 1.09 bits per heavy atom. The number of aromatic nitrogens is 3. The van der Waals surface area contributed by atoms with Crippen molar-refractivity contribution in [1.29, 1.82) is 0 Å². The summed E-state index contributed by atoms with van der Waals surface area (Å²) < 4.78 is 116. The molecule has 0 radical (unpaired) electrons. The molecular formula is C30H33F7N6O2. The first-order valence-corrected chi connectivity index (χ1v) is 14.9. The number of nitrogen functional groups attached to an aromatic ring is 1. The molecule has 0 bridgehead atoms. The van der Waals surface area contributed by atoms with Crippen LogP contribution in [0.3, 0.4) is 0 Å². The highest BCUT2D eigenvalue weighted by Crippen LogP contribution is 2.57. The van der Waals surface area contributed by atoms with Crippen molar-refractivity contribution in [3.63, 3.8) is 0 Å². The van der Waals surface area contributed by atoms with E-state index < -0.39 is 68.8 Å². The zero-order valence-corrected chi connectivity index (χ0v) is 24.7. The Morgan fingerprint density at radius 2 is 1.87 bits per heavy atom. The van der Waals surface area contributed by atoms with Gasteiger partial charge in [0.25, 0.3) is 0 Å². The standard InChI is InChI=1S/C30H33F7N6O2/c1-14-10-17(38)21(31)18(20(14)30(35,36)37)23-22(32)24-19-25(40-13-39-9-6-15(2)45-26(19)41-23)43-27(42-24)44-12-28-8-5-16(28)4-3-7-29(33,34)11-28/h10,15-16,39H,3-9,11-13,38H2,1-2H3,(H,40,42,43)/t15-,16?,28?/m0/s1. The molecule has 0 amide bonds. The summed E-state index contributed by atoms with van der Waals surface area (Å²) in [6, 6.07) is 0.435. The lowest BCUT2D eigenvalue weighted by Gasteiger charge is -2.49. The summed E-state index contributed by atoms with van der Waals surface area (Å²) in [6.07, 6.45) is -3.43. The van der Waals surface area contributed by atoms with Gasteiger partial charge in [0.15, 0.2) is 11.6 Å². The molecule has 2 saturated carbocycles. The molecule has 45 heavy (non-hydrogen) atoms. The van der Waals surface area contributed by atoms with E-state index in [0.29, 0.717) is 32.2 Å². The molecule has 6 rings (SSSR count). The summed E-state index contributed by atoms with van der Waals surface area (Å²) in [5, 5.41) is 5.99. The van der Waals surface area contributed by atoms with Crippen LogP contribution in [-0.2, 0) is 6.18 Å². The first kappa shape index (κ1) is 31.4. The van der Waals surface area contributed by atoms with Gasteiger partial charge in [-0.2, -0.15) is 23.1 Å². The number of nitrogens with one attached hydrogen (secondary N) is 2. The second-order valence-electron chi connectivity index (χ2n) is 12.4. The number of benzene rings is 1. The molecule has 2 unspecified atom stereocenters. The van der Waals surface area contributed by atoms with Gasteiger partial charge in [-0.1, -0.05) is 0 Å². The van der Waals surface area contributed by atoms with Gasteiger partial charge in [0.1, 0.15) is 22.4 Å². The van der Waals surface area contributed by atoms with Crippen molar-refractivity contribution in [1.82, 2.24) is 20.3 Å². The van der Waals surface area contributed by atoms with Crippen LogP contribution in [0.5, 0.6) is 11.9 Å². The molecular weight excluding hydrogens is 609 g/mol. The van der Waals surface area contributed by atoms with Gasteiger partial charge in [-0.05, 0) is 63.5 Å². The zero-order chi connectivity index (χ0) is 32.3. The Hall–Kier alpha value is -3.62. The monoisotopic (exact) mass is 642 g/mol. The van der Waals surface area contributed by atoms with E-state index in [1.165, 1.54) is 0 Å². The van der Waals surface area contributed by atoms with Crippen LogP contribution in [0.25, 0.3) is 22.2 Å². The molecule has 2 aliphatic carbocycles. The predicted molar refractivity (Wildman–Crippen MR) is 152 cm³/mol. The Kier molecular flexibility index (Phi) is 7.89. The molecule has 0 spiro atoms. The maximum atomic E-state index is 16.5. The Morgan fingerprint density at radius 3 is 2.58 bits per heavy atom. The van der Waals surface area contributed by atoms with Gasteiger partial charge in [-0.3, -0.25) is 5.32 Å². The summed E-state index contributed by atoms with van der Waals surface area (Å²) in [5.74, 6) is -6.06. The van der Waals surface area contributed by atoms with Gasteiger partial charge < -0.3 is 20.5 Å². The lowest BCUT2D eigenvalue weighted by atomic mass is 9.58. The van der Waals surface area contributed by atoms with E-state index in [1.807, 2.05) is 0 Å². The second-order valence-corrected chi connectivity index (χ2v) is 12.4. The van der Waals surface area contributed by atoms with Crippen molar-refractivity contribution in [3.05, 3.63) is 28.8 Å². The van der Waals surface area contributed by atoms with Crippen molar-refractivity contribution in [2.75, 3.05) is 30.9 Å². The SMILES string of the molecule is Cc1cc(N)c(F)c(-c2nc3c4c(nc(OCC56CCC5CCCC(F)(F)C6)nc4c2F)NCNCC[C@H](C)O3)c1C(F)(F)F. The Labute approximate surface area is 254 Å². The van der Waals surface area contributed by atoms with Crippen molar-refractivity contribution >= 4 is 22.4 Å². The van der Waals surface area contributed by atoms with E-state index in [-0.39, 0.29) is 55.1 Å². The van der Waals surface area contributed by atoms with E-state index in [0.717, 1.165) is 19.4 Å². The third-order valence-electron chi connectivity index (χ3n) is 9.21. The Balaban J connectivity index is 1.53. The molecule has 1 aromatic carbocycles. The normalized spacial score (nSPS) is 24.9. The number of hydrogen-bond donors (Lipinski definition) is 3. The highest BCUT2D eigenvalue weighted by atomic mass is 19.4. The summed E-state index contributed by atoms with van der Waals surface area (Å²) in [6.45, 7) is 3.24. The van der Waals surface area contributed by atoms with Gasteiger partial charge in [-0.25, -0.2) is 22.5 Å². The fourth-order valence-corrected chi connectivity index (χ4v) is 6.86. The van der Waals surface area contributed by atoms with Crippen LogP contribution in [0.15, 0.2) is 6.07 Å². The van der Waals surface area contributed by atoms with Gasteiger partial charge >= 0.3 is 12.2 Å². The molecule has 8 nitrogen and oxygen atoms in total. The van der Waals surface area contributed by atoms with E-state index >= 15 is 8.78 Å². The fourth-order valence-electron chi connectivity index (χ4n) is 6.86. The quantitative estimate of drug-likeness (QED) is 0.207. The minimum atomic E-state index is -5.09. The molecule has 0 saturated heterocycles. The molecule has 244 valence electrons. The third-order valence-corrected chi connectivity index (χ3v) is 9.21. The topological polar surface area (TPSA) is 107 Å². The number of fused-ring (bicyclic) bond motifs is 1. The number of alkyl halides is 5. The van der Waals surface area contributed by atoms with Crippen molar-refractivity contribution in [2.45, 2.75) is 77.0 Å². The first-order chi connectivity index (χ1) is 21.2. The van der Waals surface area contributed by atoms with Crippen LogP contribution >= 0.6 is 0 Å². The minimum Gasteiger partial charge on any atom is -0.474 e. The smallest absolute Gasteiger partial charge is 0.417 e. The van der Waals surface area contributed by atoms with Gasteiger partial charge in [0.2, 0.25) is 11.8 Å². The zero-order valence-electron chi connectivity index (χ0n) is 24.7. The molecule has 2 aromatic heterocycles. The average Bonchev–Trinajstić information content (AvgIpc) is 3.03. The average molecular weight is 643 g/mol. The van der Waals surface area contributed by atoms with Crippen LogP contribution in [0.4, 0.5) is 42.2 Å². The van der Waals surface area contributed by atoms with Crippen LogP contribution < -0.4 is 25.8 Å². The molecule has 3 aromatic rings.